The molecule has 196 valence electrons. The number of H-pyrrole nitrogens is 1. The maximum atomic E-state index is 14.1. The summed E-state index contributed by atoms with van der Waals surface area (Å²) in [5.74, 6) is -2.20. The number of para-hydroxylation sites is 1. The van der Waals surface area contributed by atoms with Crippen LogP contribution in [0.1, 0.15) is 63.0 Å². The molecule has 1 aliphatic carbocycles. The third-order valence-corrected chi connectivity index (χ3v) is 7.71. The van der Waals surface area contributed by atoms with E-state index in [1.54, 1.807) is 18.3 Å². The summed E-state index contributed by atoms with van der Waals surface area (Å²) in [7, 11) is 0. The molecule has 4 aromatic rings. The largest absolute Gasteiger partial charge is 0.395 e. The van der Waals surface area contributed by atoms with E-state index < -0.39 is 23.7 Å². The van der Waals surface area contributed by atoms with E-state index in [0.717, 1.165) is 48.1 Å². The first kappa shape index (κ1) is 25.4. The maximum absolute atomic E-state index is 14.1. The minimum atomic E-state index is -1.05. The Morgan fingerprint density at radius 1 is 1.13 bits per heavy atom. The molecule has 9 nitrogen and oxygen atoms in total. The Labute approximate surface area is 222 Å². The van der Waals surface area contributed by atoms with Crippen molar-refractivity contribution in [2.24, 2.45) is 5.73 Å². The van der Waals surface area contributed by atoms with Crippen molar-refractivity contribution in [3.8, 4) is 0 Å². The molecule has 6 N–H and O–H groups in total. The van der Waals surface area contributed by atoms with E-state index in [1.165, 1.54) is 17.0 Å². The summed E-state index contributed by atoms with van der Waals surface area (Å²) in [6, 6.07) is 12.2. The van der Waals surface area contributed by atoms with Gasteiger partial charge in [0.05, 0.1) is 5.69 Å². The molecule has 0 spiro atoms. The Balaban J connectivity index is 1.63. The van der Waals surface area contributed by atoms with Gasteiger partial charge in [-0.3, -0.25) is 14.4 Å². The lowest BCUT2D eigenvalue weighted by Gasteiger charge is -2.32. The number of hydrogen-bond donors (Lipinski definition) is 4. The molecule has 2 aromatic carbocycles. The van der Waals surface area contributed by atoms with Crippen molar-refractivity contribution in [3.05, 3.63) is 82.2 Å². The van der Waals surface area contributed by atoms with Crippen molar-refractivity contribution < 1.29 is 18.8 Å². The Hall–Kier alpha value is -4.25. The number of nitrogens with zero attached hydrogens (tertiary/aromatic N) is 2. The number of primary amides is 1. The highest BCUT2D eigenvalue weighted by Crippen LogP contribution is 2.34. The van der Waals surface area contributed by atoms with Crippen LogP contribution in [0.4, 0.5) is 10.1 Å². The van der Waals surface area contributed by atoms with Crippen LogP contribution in [0, 0.1) is 5.82 Å². The van der Waals surface area contributed by atoms with E-state index in [2.05, 4.69) is 14.7 Å². The van der Waals surface area contributed by atoms with Gasteiger partial charge in [-0.05, 0) is 48.1 Å². The molecule has 1 saturated carbocycles. The molecule has 1 atom stereocenters. The van der Waals surface area contributed by atoms with Crippen LogP contribution in [0.3, 0.4) is 0 Å². The summed E-state index contributed by atoms with van der Waals surface area (Å²) in [5, 5.41) is 3.91. The second kappa shape index (κ2) is 10.6. The zero-order valence-electron chi connectivity index (χ0n) is 20.4. The minimum Gasteiger partial charge on any atom is -0.395 e. The molecule has 1 aliphatic rings. The van der Waals surface area contributed by atoms with Gasteiger partial charge >= 0.3 is 0 Å². The lowest BCUT2D eigenvalue weighted by atomic mass is 10.0. The van der Waals surface area contributed by atoms with Crippen LogP contribution in [-0.2, 0) is 11.3 Å². The van der Waals surface area contributed by atoms with Crippen molar-refractivity contribution in [3.63, 3.8) is 0 Å². The Morgan fingerprint density at radius 3 is 2.53 bits per heavy atom. The fourth-order valence-electron chi connectivity index (χ4n) is 4.95. The number of aromatic amines is 1. The van der Waals surface area contributed by atoms with Gasteiger partial charge in [0.25, 0.3) is 11.8 Å². The first-order valence-electron chi connectivity index (χ1n) is 12.3. The predicted molar refractivity (Wildman–Crippen MR) is 143 cm³/mol. The second-order valence-electron chi connectivity index (χ2n) is 9.38. The molecule has 2 aromatic heterocycles. The summed E-state index contributed by atoms with van der Waals surface area (Å²) in [5.41, 5.74) is 13.2. The van der Waals surface area contributed by atoms with Gasteiger partial charge in [0.2, 0.25) is 5.91 Å². The molecule has 38 heavy (non-hydrogen) atoms. The second-order valence-corrected chi connectivity index (χ2v) is 10.2. The SMILES string of the molecule is NC(=O)c1nsc(C(=O)N(Cc2ccc(F)cc2)C(C(=O)NC2CCCC2)c2c[nH]c3ccccc23)c1N. The number of nitrogen functional groups attached to an aromatic ring is 1. The topological polar surface area (TPSA) is 147 Å². The minimum absolute atomic E-state index is 0.000538. The average molecular weight is 535 g/mol. The number of benzene rings is 2. The normalized spacial score (nSPS) is 14.4. The van der Waals surface area contributed by atoms with Crippen LogP contribution >= 0.6 is 11.5 Å². The molecule has 1 unspecified atom stereocenters. The fraction of sp³-hybridized carbons (Fsp3) is 0.259. The van der Waals surface area contributed by atoms with Crippen LogP contribution < -0.4 is 16.8 Å². The molecular formula is C27H27FN6O3S. The quantitative estimate of drug-likeness (QED) is 0.271. The van der Waals surface area contributed by atoms with E-state index in [0.29, 0.717) is 11.1 Å². The molecule has 0 aliphatic heterocycles. The van der Waals surface area contributed by atoms with Gasteiger partial charge in [-0.1, -0.05) is 43.2 Å². The van der Waals surface area contributed by atoms with Crippen LogP contribution in [0.15, 0.2) is 54.7 Å². The van der Waals surface area contributed by atoms with Crippen molar-refractivity contribution in [1.29, 1.82) is 0 Å². The standard InChI is InChI=1S/C27H27FN6O3S/c28-16-11-9-15(10-12-16)14-34(27(37)24-21(29)22(25(30)35)33-38-24)23(26(36)32-17-5-1-2-6-17)19-13-31-20-8-4-3-7-18(19)20/h3-4,7-13,17,23,31H,1-2,5-6,14,29H2,(H2,30,35)(H,32,36). The number of aromatic nitrogens is 2. The summed E-state index contributed by atoms with van der Waals surface area (Å²) >= 11 is 0.750. The molecule has 0 bridgehead atoms. The number of carbonyl (C=O) groups is 3. The number of anilines is 1. The average Bonchev–Trinajstić information content (AvgIpc) is 3.65. The lowest BCUT2D eigenvalue weighted by Crippen LogP contribution is -2.45. The summed E-state index contributed by atoms with van der Waals surface area (Å²) in [4.78, 5) is 44.4. The van der Waals surface area contributed by atoms with Gasteiger partial charge < -0.3 is 26.7 Å². The molecule has 2 heterocycles. The number of nitrogens with one attached hydrogen (secondary N) is 2. The Bertz CT molecular complexity index is 1490. The monoisotopic (exact) mass is 534 g/mol. The molecule has 11 heteroatoms. The van der Waals surface area contributed by atoms with Crippen molar-refractivity contribution >= 4 is 45.8 Å². The summed E-state index contributed by atoms with van der Waals surface area (Å²) in [6.45, 7) is -0.0232. The van der Waals surface area contributed by atoms with E-state index in [1.807, 2.05) is 24.3 Å². The molecule has 1 fully saturated rings. The van der Waals surface area contributed by atoms with E-state index in [4.69, 9.17) is 11.5 Å². The molecule has 0 saturated heterocycles. The first-order chi connectivity index (χ1) is 18.3. The first-order valence-corrected chi connectivity index (χ1v) is 13.1. The van der Waals surface area contributed by atoms with Crippen molar-refractivity contribution in [1.82, 2.24) is 19.6 Å². The molecule has 5 rings (SSSR count). The number of hydrogen-bond acceptors (Lipinski definition) is 6. The number of amides is 3. The van der Waals surface area contributed by atoms with E-state index in [9.17, 15) is 18.8 Å². The fourth-order valence-corrected chi connectivity index (χ4v) is 5.71. The zero-order valence-corrected chi connectivity index (χ0v) is 21.3. The highest BCUT2D eigenvalue weighted by Gasteiger charge is 2.37. The van der Waals surface area contributed by atoms with E-state index >= 15 is 0 Å². The van der Waals surface area contributed by atoms with Crippen LogP contribution in [0.2, 0.25) is 0 Å². The zero-order chi connectivity index (χ0) is 26.8. The van der Waals surface area contributed by atoms with Crippen LogP contribution in [0.25, 0.3) is 10.9 Å². The van der Waals surface area contributed by atoms with Crippen LogP contribution in [-0.4, -0.2) is 38.0 Å². The molecule has 3 amide bonds. The number of nitrogens with two attached hydrogens (primary N) is 2. The molecule has 0 radical (unpaired) electrons. The highest BCUT2D eigenvalue weighted by molar-refractivity contribution is 7.09. The highest BCUT2D eigenvalue weighted by atomic mass is 32.1. The van der Waals surface area contributed by atoms with Gasteiger partial charge in [-0.15, -0.1) is 0 Å². The third kappa shape index (κ3) is 4.97. The summed E-state index contributed by atoms with van der Waals surface area (Å²) in [6.07, 6.45) is 5.49. The third-order valence-electron chi connectivity index (χ3n) is 6.86. The van der Waals surface area contributed by atoms with Crippen molar-refractivity contribution in [2.45, 2.75) is 44.3 Å². The Kier molecular flexibility index (Phi) is 7.10. The van der Waals surface area contributed by atoms with Gasteiger partial charge in [-0.2, -0.15) is 4.37 Å². The predicted octanol–water partition coefficient (Wildman–Crippen LogP) is 3.89. The van der Waals surface area contributed by atoms with Gasteiger partial charge in [-0.25, -0.2) is 4.39 Å². The number of halogens is 1. The number of carbonyl (C=O) groups excluding carboxylic acids is 3. The van der Waals surface area contributed by atoms with E-state index in [-0.39, 0.29) is 34.8 Å². The maximum Gasteiger partial charge on any atom is 0.270 e. The van der Waals surface area contributed by atoms with Gasteiger partial charge in [0, 0.05) is 35.2 Å². The van der Waals surface area contributed by atoms with Crippen molar-refractivity contribution in [2.75, 3.05) is 5.73 Å². The Morgan fingerprint density at radius 2 is 1.84 bits per heavy atom. The molecular weight excluding hydrogens is 507 g/mol. The van der Waals surface area contributed by atoms with Crippen LogP contribution in [0.5, 0.6) is 0 Å². The van der Waals surface area contributed by atoms with Gasteiger partial charge in [0.1, 0.15) is 16.7 Å². The number of fused-ring (bicyclic) bond motifs is 1. The summed E-state index contributed by atoms with van der Waals surface area (Å²) < 4.78 is 17.7. The lowest BCUT2D eigenvalue weighted by molar-refractivity contribution is -0.126. The van der Waals surface area contributed by atoms with Gasteiger partial charge in [0.15, 0.2) is 5.69 Å². The smallest absolute Gasteiger partial charge is 0.270 e. The number of rotatable bonds is 8.